The Labute approximate surface area is 174 Å². The van der Waals surface area contributed by atoms with E-state index in [1.54, 1.807) is 14.2 Å². The van der Waals surface area contributed by atoms with E-state index >= 15 is 0 Å². The van der Waals surface area contributed by atoms with Gasteiger partial charge in [-0.2, -0.15) is 0 Å². The summed E-state index contributed by atoms with van der Waals surface area (Å²) in [7, 11) is 3.48. The van der Waals surface area contributed by atoms with Crippen LogP contribution in [0.1, 0.15) is 18.4 Å². The van der Waals surface area contributed by atoms with Gasteiger partial charge in [0.05, 0.1) is 19.8 Å². The van der Waals surface area contributed by atoms with Crippen molar-refractivity contribution in [3.63, 3.8) is 0 Å². The standard InChI is InChI=1S/C19H32N4O2.HI/c1-20-19(21-10-12-25-14-13-24-2)22-15-18-9-6-11-23(18)16-17-7-4-3-5-8-17;/h3-5,7-8,18H,6,9-16H2,1-2H3,(H2,20,21,22);1H. The van der Waals surface area contributed by atoms with Gasteiger partial charge in [0.1, 0.15) is 0 Å². The quantitative estimate of drug-likeness (QED) is 0.235. The van der Waals surface area contributed by atoms with Crippen LogP contribution in [-0.2, 0) is 16.0 Å². The number of aliphatic imine (C=N–C) groups is 1. The molecular formula is C19H33IN4O2. The highest BCUT2D eigenvalue weighted by Crippen LogP contribution is 2.19. The smallest absolute Gasteiger partial charge is 0.191 e. The SMILES string of the molecule is CN=C(NCCOCCOC)NCC1CCCN1Cc1ccccc1.I. The zero-order valence-electron chi connectivity index (χ0n) is 15.9. The molecule has 0 aromatic heterocycles. The lowest BCUT2D eigenvalue weighted by Crippen LogP contribution is -2.45. The van der Waals surface area contributed by atoms with Gasteiger partial charge < -0.3 is 20.1 Å². The van der Waals surface area contributed by atoms with E-state index in [9.17, 15) is 0 Å². The van der Waals surface area contributed by atoms with Crippen molar-refractivity contribution >= 4 is 29.9 Å². The first-order valence-corrected chi connectivity index (χ1v) is 9.12. The number of guanidine groups is 1. The molecule has 0 aliphatic carbocycles. The van der Waals surface area contributed by atoms with Crippen molar-refractivity contribution in [3.8, 4) is 0 Å². The Kier molecular flexibility index (Phi) is 12.6. The molecule has 1 aromatic carbocycles. The molecule has 2 N–H and O–H groups in total. The van der Waals surface area contributed by atoms with E-state index in [-0.39, 0.29) is 24.0 Å². The maximum absolute atomic E-state index is 5.45. The molecule has 0 bridgehead atoms. The lowest BCUT2D eigenvalue weighted by atomic mass is 10.2. The van der Waals surface area contributed by atoms with E-state index in [1.807, 2.05) is 0 Å². The number of benzene rings is 1. The first-order chi connectivity index (χ1) is 12.3. The minimum Gasteiger partial charge on any atom is -0.382 e. The summed E-state index contributed by atoms with van der Waals surface area (Å²) in [6.45, 7) is 5.74. The molecule has 1 aliphatic heterocycles. The monoisotopic (exact) mass is 476 g/mol. The minimum absolute atomic E-state index is 0. The fourth-order valence-electron chi connectivity index (χ4n) is 3.07. The Bertz CT molecular complexity index is 502. The molecule has 1 unspecified atom stereocenters. The molecule has 0 saturated carbocycles. The number of hydrogen-bond donors (Lipinski definition) is 2. The van der Waals surface area contributed by atoms with Crippen LogP contribution in [0.5, 0.6) is 0 Å². The van der Waals surface area contributed by atoms with Crippen LogP contribution in [0, 0.1) is 0 Å². The van der Waals surface area contributed by atoms with Crippen molar-refractivity contribution in [1.29, 1.82) is 0 Å². The largest absolute Gasteiger partial charge is 0.382 e. The van der Waals surface area contributed by atoms with E-state index < -0.39 is 0 Å². The van der Waals surface area contributed by atoms with Gasteiger partial charge in [0.25, 0.3) is 0 Å². The van der Waals surface area contributed by atoms with E-state index in [0.717, 1.165) is 25.6 Å². The predicted molar refractivity (Wildman–Crippen MR) is 117 cm³/mol. The third-order valence-corrected chi connectivity index (χ3v) is 4.43. The Hall–Kier alpha value is -0.900. The summed E-state index contributed by atoms with van der Waals surface area (Å²) in [5.41, 5.74) is 1.38. The van der Waals surface area contributed by atoms with Gasteiger partial charge in [-0.15, -0.1) is 24.0 Å². The molecule has 148 valence electrons. The lowest BCUT2D eigenvalue weighted by Gasteiger charge is -2.25. The Balaban J connectivity index is 0.00000338. The van der Waals surface area contributed by atoms with Crippen LogP contribution in [-0.4, -0.2) is 70.5 Å². The van der Waals surface area contributed by atoms with Crippen LogP contribution >= 0.6 is 24.0 Å². The number of methoxy groups -OCH3 is 1. The molecule has 0 spiro atoms. The second kappa shape index (κ2) is 14.2. The summed E-state index contributed by atoms with van der Waals surface area (Å²) < 4.78 is 10.4. The molecule has 26 heavy (non-hydrogen) atoms. The van der Waals surface area contributed by atoms with Crippen molar-refractivity contribution in [1.82, 2.24) is 15.5 Å². The second-order valence-corrected chi connectivity index (χ2v) is 6.24. The van der Waals surface area contributed by atoms with Crippen molar-refractivity contribution < 1.29 is 9.47 Å². The van der Waals surface area contributed by atoms with Crippen molar-refractivity contribution in [2.24, 2.45) is 4.99 Å². The molecule has 7 heteroatoms. The van der Waals surface area contributed by atoms with E-state index in [4.69, 9.17) is 9.47 Å². The zero-order valence-corrected chi connectivity index (χ0v) is 18.3. The maximum Gasteiger partial charge on any atom is 0.191 e. The molecule has 1 heterocycles. The Morgan fingerprint density at radius 3 is 2.73 bits per heavy atom. The summed E-state index contributed by atoms with van der Waals surface area (Å²) in [5, 5.41) is 6.74. The van der Waals surface area contributed by atoms with Gasteiger partial charge in [-0.1, -0.05) is 30.3 Å². The van der Waals surface area contributed by atoms with E-state index in [0.29, 0.717) is 25.9 Å². The number of rotatable bonds is 10. The molecule has 1 fully saturated rings. The minimum atomic E-state index is 0. The molecule has 0 radical (unpaired) electrons. The summed E-state index contributed by atoms with van der Waals surface area (Å²) in [5.74, 6) is 0.835. The summed E-state index contributed by atoms with van der Waals surface area (Å²) in [6.07, 6.45) is 2.50. The highest BCUT2D eigenvalue weighted by molar-refractivity contribution is 14.0. The molecule has 1 aliphatic rings. The fourth-order valence-corrected chi connectivity index (χ4v) is 3.07. The predicted octanol–water partition coefficient (Wildman–Crippen LogP) is 2.10. The van der Waals surface area contributed by atoms with E-state index in [2.05, 4.69) is 50.9 Å². The lowest BCUT2D eigenvalue weighted by molar-refractivity contribution is 0.0733. The first kappa shape index (κ1) is 23.1. The molecular weight excluding hydrogens is 443 g/mol. The van der Waals surface area contributed by atoms with Gasteiger partial charge in [-0.05, 0) is 24.9 Å². The highest BCUT2D eigenvalue weighted by Gasteiger charge is 2.24. The van der Waals surface area contributed by atoms with Crippen molar-refractivity contribution in [3.05, 3.63) is 35.9 Å². The van der Waals surface area contributed by atoms with Crippen LogP contribution in [0.3, 0.4) is 0 Å². The maximum atomic E-state index is 5.45. The van der Waals surface area contributed by atoms with Crippen molar-refractivity contribution in [2.75, 3.05) is 53.6 Å². The van der Waals surface area contributed by atoms with Gasteiger partial charge in [0, 0.05) is 39.8 Å². The van der Waals surface area contributed by atoms with Gasteiger partial charge >= 0.3 is 0 Å². The Morgan fingerprint density at radius 1 is 1.19 bits per heavy atom. The highest BCUT2D eigenvalue weighted by atomic mass is 127. The molecule has 6 nitrogen and oxygen atoms in total. The third kappa shape index (κ3) is 8.66. The fraction of sp³-hybridized carbons (Fsp3) is 0.632. The van der Waals surface area contributed by atoms with Gasteiger partial charge in [0.15, 0.2) is 5.96 Å². The topological polar surface area (TPSA) is 58.1 Å². The number of ether oxygens (including phenoxy) is 2. The summed E-state index contributed by atoms with van der Waals surface area (Å²) in [4.78, 5) is 6.85. The third-order valence-electron chi connectivity index (χ3n) is 4.43. The molecule has 1 atom stereocenters. The number of likely N-dealkylation sites (tertiary alicyclic amines) is 1. The van der Waals surface area contributed by atoms with Crippen LogP contribution in [0.25, 0.3) is 0 Å². The van der Waals surface area contributed by atoms with Gasteiger partial charge in [-0.25, -0.2) is 0 Å². The molecule has 0 amide bonds. The first-order valence-electron chi connectivity index (χ1n) is 9.12. The molecule has 1 saturated heterocycles. The zero-order chi connectivity index (χ0) is 17.7. The normalized spacial score (nSPS) is 17.8. The number of nitrogens with one attached hydrogen (secondary N) is 2. The second-order valence-electron chi connectivity index (χ2n) is 6.24. The van der Waals surface area contributed by atoms with Crippen LogP contribution in [0.4, 0.5) is 0 Å². The average Bonchev–Trinajstić information content (AvgIpc) is 3.08. The number of hydrogen-bond acceptors (Lipinski definition) is 4. The van der Waals surface area contributed by atoms with Crippen LogP contribution in [0.2, 0.25) is 0 Å². The summed E-state index contributed by atoms with van der Waals surface area (Å²) in [6, 6.07) is 11.2. The van der Waals surface area contributed by atoms with Crippen LogP contribution < -0.4 is 10.6 Å². The number of halogens is 1. The van der Waals surface area contributed by atoms with E-state index in [1.165, 1.54) is 24.9 Å². The Morgan fingerprint density at radius 2 is 2.00 bits per heavy atom. The molecule has 2 rings (SSSR count). The van der Waals surface area contributed by atoms with Crippen molar-refractivity contribution in [2.45, 2.75) is 25.4 Å². The number of nitrogens with zero attached hydrogens (tertiary/aromatic N) is 2. The average molecular weight is 476 g/mol. The van der Waals surface area contributed by atoms with Crippen LogP contribution in [0.15, 0.2) is 35.3 Å². The molecule has 1 aromatic rings. The summed E-state index contributed by atoms with van der Waals surface area (Å²) >= 11 is 0. The van der Waals surface area contributed by atoms with Gasteiger partial charge in [0.2, 0.25) is 0 Å². The van der Waals surface area contributed by atoms with Gasteiger partial charge in [-0.3, -0.25) is 9.89 Å².